The van der Waals surface area contributed by atoms with Gasteiger partial charge in [-0.05, 0) is 64.9 Å². The molecule has 1 fully saturated rings. The van der Waals surface area contributed by atoms with Crippen molar-refractivity contribution in [3.63, 3.8) is 0 Å². The van der Waals surface area contributed by atoms with Crippen LogP contribution in [0.4, 0.5) is 0 Å². The maximum Gasteiger partial charge on any atom is 0.330 e. The molecule has 0 aromatic carbocycles. The van der Waals surface area contributed by atoms with Crippen LogP contribution in [-0.4, -0.2) is 29.3 Å². The van der Waals surface area contributed by atoms with E-state index in [9.17, 15) is 9.59 Å². The summed E-state index contributed by atoms with van der Waals surface area (Å²) in [6.45, 7) is 12.1. The van der Waals surface area contributed by atoms with Crippen LogP contribution < -0.4 is 0 Å². The Balaban J connectivity index is 2.11. The fourth-order valence-electron chi connectivity index (χ4n) is 3.76. The van der Waals surface area contributed by atoms with E-state index in [0.29, 0.717) is 36.5 Å². The van der Waals surface area contributed by atoms with Crippen molar-refractivity contribution in [2.24, 2.45) is 11.8 Å². The molecule has 1 heterocycles. The third-order valence-corrected chi connectivity index (χ3v) is 4.90. The van der Waals surface area contributed by atoms with E-state index in [1.54, 1.807) is 13.0 Å². The van der Waals surface area contributed by atoms with E-state index in [1.165, 1.54) is 12.5 Å². The smallest absolute Gasteiger partial charge is 0.330 e. The molecule has 0 saturated heterocycles. The summed E-state index contributed by atoms with van der Waals surface area (Å²) < 4.78 is 16.0. The standard InChI is InChI=1S/C23H35NO5/c1-7-27-20(25)10-8-18-19(9-11-21(26)28-23(4,5)6)24-29-22(18)17-13-16(14-17)12-15(2)3/h8,10,15-17H,7,9,11-14H2,1-6H3/b10-8+. The number of aromatic nitrogens is 1. The van der Waals surface area contributed by atoms with Crippen molar-refractivity contribution >= 4 is 18.0 Å². The SMILES string of the molecule is CCOC(=O)/C=C/c1c(CCC(=O)OC(C)(C)C)noc1C1CC(CC(C)C)C1. The molecule has 1 aliphatic rings. The Morgan fingerprint density at radius 2 is 1.97 bits per heavy atom. The number of esters is 2. The molecule has 0 amide bonds. The third kappa shape index (κ3) is 7.33. The van der Waals surface area contributed by atoms with Crippen LogP contribution >= 0.6 is 0 Å². The molecule has 162 valence electrons. The molecule has 0 radical (unpaired) electrons. The predicted octanol–water partition coefficient (Wildman–Crippen LogP) is 5.06. The second-order valence-corrected chi connectivity index (χ2v) is 9.24. The van der Waals surface area contributed by atoms with Crippen molar-refractivity contribution in [2.75, 3.05) is 6.61 Å². The zero-order valence-corrected chi connectivity index (χ0v) is 18.6. The van der Waals surface area contributed by atoms with Crippen molar-refractivity contribution in [1.29, 1.82) is 0 Å². The molecule has 1 saturated carbocycles. The van der Waals surface area contributed by atoms with E-state index in [1.807, 2.05) is 20.8 Å². The van der Waals surface area contributed by atoms with E-state index in [0.717, 1.165) is 24.2 Å². The lowest BCUT2D eigenvalue weighted by molar-refractivity contribution is -0.154. The van der Waals surface area contributed by atoms with Gasteiger partial charge in [-0.15, -0.1) is 0 Å². The van der Waals surface area contributed by atoms with Gasteiger partial charge in [0.1, 0.15) is 11.4 Å². The molecule has 0 spiro atoms. The van der Waals surface area contributed by atoms with Crippen LogP contribution in [0, 0.1) is 11.8 Å². The van der Waals surface area contributed by atoms with Crippen LogP contribution in [-0.2, 0) is 25.5 Å². The van der Waals surface area contributed by atoms with Gasteiger partial charge in [-0.3, -0.25) is 4.79 Å². The molecule has 0 aliphatic heterocycles. The fourth-order valence-corrected chi connectivity index (χ4v) is 3.76. The highest BCUT2D eigenvalue weighted by Crippen LogP contribution is 2.46. The average molecular weight is 406 g/mol. The maximum absolute atomic E-state index is 12.1. The van der Waals surface area contributed by atoms with Crippen LogP contribution in [0.1, 0.15) is 90.2 Å². The summed E-state index contributed by atoms with van der Waals surface area (Å²) in [5.41, 5.74) is 0.962. The lowest BCUT2D eigenvalue weighted by Crippen LogP contribution is -2.24. The normalized spacial score (nSPS) is 19.4. The van der Waals surface area contributed by atoms with Gasteiger partial charge in [0.25, 0.3) is 0 Å². The number of carbonyl (C=O) groups excluding carboxylic acids is 2. The van der Waals surface area contributed by atoms with Crippen molar-refractivity contribution in [3.05, 3.63) is 23.1 Å². The van der Waals surface area contributed by atoms with Crippen LogP contribution in [0.5, 0.6) is 0 Å². The number of nitrogens with zero attached hydrogens (tertiary/aromatic N) is 1. The van der Waals surface area contributed by atoms with Gasteiger partial charge in [0.15, 0.2) is 0 Å². The van der Waals surface area contributed by atoms with Gasteiger partial charge in [-0.2, -0.15) is 0 Å². The highest BCUT2D eigenvalue weighted by molar-refractivity contribution is 5.87. The first-order valence-electron chi connectivity index (χ1n) is 10.6. The molecule has 1 aliphatic carbocycles. The van der Waals surface area contributed by atoms with E-state index in [2.05, 4.69) is 19.0 Å². The van der Waals surface area contributed by atoms with E-state index in [-0.39, 0.29) is 12.4 Å². The number of carbonyl (C=O) groups is 2. The minimum atomic E-state index is -0.518. The summed E-state index contributed by atoms with van der Waals surface area (Å²) in [4.78, 5) is 23.9. The topological polar surface area (TPSA) is 78.6 Å². The molecule has 6 heteroatoms. The van der Waals surface area contributed by atoms with Crippen molar-refractivity contribution in [3.8, 4) is 0 Å². The minimum Gasteiger partial charge on any atom is -0.463 e. The molecule has 1 aromatic heterocycles. The summed E-state index contributed by atoms with van der Waals surface area (Å²) in [6.07, 6.45) is 7.08. The zero-order valence-electron chi connectivity index (χ0n) is 18.6. The first-order chi connectivity index (χ1) is 13.6. The number of aryl methyl sites for hydroxylation is 1. The Kier molecular flexibility index (Phi) is 8.05. The Morgan fingerprint density at radius 3 is 2.55 bits per heavy atom. The van der Waals surface area contributed by atoms with Crippen LogP contribution in [0.15, 0.2) is 10.6 Å². The Labute approximate surface area is 174 Å². The van der Waals surface area contributed by atoms with Gasteiger partial charge in [0, 0.05) is 24.0 Å². The monoisotopic (exact) mass is 405 g/mol. The lowest BCUT2D eigenvalue weighted by Gasteiger charge is -2.35. The minimum absolute atomic E-state index is 0.212. The van der Waals surface area contributed by atoms with Gasteiger partial charge >= 0.3 is 11.9 Å². The van der Waals surface area contributed by atoms with Crippen LogP contribution in [0.2, 0.25) is 0 Å². The van der Waals surface area contributed by atoms with Gasteiger partial charge in [-0.25, -0.2) is 4.79 Å². The van der Waals surface area contributed by atoms with Crippen LogP contribution in [0.25, 0.3) is 6.08 Å². The summed E-state index contributed by atoms with van der Waals surface area (Å²) in [5.74, 6) is 1.83. The highest BCUT2D eigenvalue weighted by atomic mass is 16.6. The summed E-state index contributed by atoms with van der Waals surface area (Å²) in [5, 5.41) is 4.21. The Bertz CT molecular complexity index is 720. The fraction of sp³-hybridized carbons (Fsp3) is 0.696. The Morgan fingerprint density at radius 1 is 1.28 bits per heavy atom. The lowest BCUT2D eigenvalue weighted by atomic mass is 9.69. The first kappa shape index (κ1) is 23.2. The molecule has 29 heavy (non-hydrogen) atoms. The van der Waals surface area contributed by atoms with E-state index >= 15 is 0 Å². The van der Waals surface area contributed by atoms with Gasteiger partial charge < -0.3 is 14.0 Å². The second kappa shape index (κ2) is 10.1. The summed E-state index contributed by atoms with van der Waals surface area (Å²) >= 11 is 0. The molecule has 1 aromatic rings. The number of rotatable bonds is 9. The second-order valence-electron chi connectivity index (χ2n) is 9.24. The van der Waals surface area contributed by atoms with Crippen LogP contribution in [0.3, 0.4) is 0 Å². The quantitative estimate of drug-likeness (QED) is 0.422. The summed E-state index contributed by atoms with van der Waals surface area (Å²) in [7, 11) is 0. The molecule has 0 N–H and O–H groups in total. The van der Waals surface area contributed by atoms with Gasteiger partial charge in [-0.1, -0.05) is 19.0 Å². The molecule has 6 nitrogen and oxygen atoms in total. The van der Waals surface area contributed by atoms with Gasteiger partial charge in [0.05, 0.1) is 18.7 Å². The van der Waals surface area contributed by atoms with Gasteiger partial charge in [0.2, 0.25) is 0 Å². The average Bonchev–Trinajstić information content (AvgIpc) is 2.95. The van der Waals surface area contributed by atoms with Crippen molar-refractivity contribution in [1.82, 2.24) is 5.16 Å². The van der Waals surface area contributed by atoms with E-state index in [4.69, 9.17) is 14.0 Å². The molecule has 0 unspecified atom stereocenters. The largest absolute Gasteiger partial charge is 0.463 e. The summed E-state index contributed by atoms with van der Waals surface area (Å²) in [6, 6.07) is 0. The molecule has 0 atom stereocenters. The zero-order chi connectivity index (χ0) is 21.6. The maximum atomic E-state index is 12.1. The molecule has 2 rings (SSSR count). The molecular formula is C23H35NO5. The first-order valence-corrected chi connectivity index (χ1v) is 10.6. The number of ether oxygens (including phenoxy) is 2. The Hall–Kier alpha value is -2.11. The molecule has 0 bridgehead atoms. The number of hydrogen-bond acceptors (Lipinski definition) is 6. The number of hydrogen-bond donors (Lipinski definition) is 0. The highest BCUT2D eigenvalue weighted by Gasteiger charge is 2.35. The third-order valence-electron chi connectivity index (χ3n) is 4.90. The van der Waals surface area contributed by atoms with E-state index < -0.39 is 11.6 Å². The molecular weight excluding hydrogens is 370 g/mol. The van der Waals surface area contributed by atoms with Crippen molar-refractivity contribution in [2.45, 2.75) is 85.2 Å². The predicted molar refractivity (Wildman–Crippen MR) is 111 cm³/mol. The van der Waals surface area contributed by atoms with Crippen molar-refractivity contribution < 1.29 is 23.6 Å².